The van der Waals surface area contributed by atoms with Crippen LogP contribution in [-0.4, -0.2) is 328 Å². The minimum Gasteiger partial charge on any atom is -0.378 e. The number of fused-ring (bicyclic) bond motifs is 1. The minimum atomic E-state index is 0.486. The summed E-state index contributed by atoms with van der Waals surface area (Å²) in [5, 5.41) is 4.00. The third kappa shape index (κ3) is 57.9. The van der Waals surface area contributed by atoms with Crippen LogP contribution in [0.2, 0.25) is 0 Å². The van der Waals surface area contributed by atoms with Crippen molar-refractivity contribution < 1.29 is 109 Å². The summed E-state index contributed by atoms with van der Waals surface area (Å²) in [6.45, 7) is 24.1. The highest BCUT2D eigenvalue weighted by Crippen LogP contribution is 2.46. The fourth-order valence-corrected chi connectivity index (χ4v) is 7.53. The van der Waals surface area contributed by atoms with Gasteiger partial charge >= 0.3 is 0 Å². The third-order valence-corrected chi connectivity index (χ3v) is 12.0. The lowest BCUT2D eigenvalue weighted by atomic mass is 9.97. The lowest BCUT2D eigenvalue weighted by Gasteiger charge is -2.13. The van der Waals surface area contributed by atoms with E-state index in [-0.39, 0.29) is 0 Å². The fraction of sp³-hybridized carbons (Fsp3) is 0.965. The predicted octanol–water partition coefficient (Wildman–Crippen LogP) is 1.29. The second kappa shape index (κ2) is 67.1. The van der Waals surface area contributed by atoms with Gasteiger partial charge in [-0.25, -0.2) is 0 Å². The van der Waals surface area contributed by atoms with Gasteiger partial charge in [-0.3, -0.25) is 4.99 Å². The summed E-state index contributed by atoms with van der Waals surface area (Å²) >= 11 is 0. The highest BCUT2D eigenvalue weighted by molar-refractivity contribution is 6.42. The summed E-state index contributed by atoms with van der Waals surface area (Å²) in [7, 11) is 0. The SMILES string of the molecule is NCCOCCOCCOCCOCCOCCOCCOCCOCCOCCOCCOCCOCCOCCOCCOCCOCCOCCOCCOCCOCCOCCOCCOCCN=C1CCC2CC2CCC1=NN. The molecule has 0 saturated heterocycles. The van der Waals surface area contributed by atoms with Crippen LogP contribution in [-0.2, 0) is 109 Å². The summed E-state index contributed by atoms with van der Waals surface area (Å²) in [5.41, 5.74) is 7.37. The normalized spacial score (nSPS) is 16.3. The van der Waals surface area contributed by atoms with Crippen molar-refractivity contribution in [2.45, 2.75) is 32.1 Å². The van der Waals surface area contributed by atoms with Gasteiger partial charge in [-0.05, 0) is 43.9 Å². The van der Waals surface area contributed by atoms with E-state index in [1.807, 2.05) is 0 Å². The van der Waals surface area contributed by atoms with Gasteiger partial charge in [0.1, 0.15) is 0 Å². The molecular weight excluding hydrogens is 1110 g/mol. The first-order valence-corrected chi connectivity index (χ1v) is 30.6. The number of hydrogen-bond donors (Lipinski definition) is 2. The Labute approximate surface area is 501 Å². The molecule has 2 rings (SSSR count). The molecule has 0 aromatic carbocycles. The van der Waals surface area contributed by atoms with Crippen molar-refractivity contribution in [2.75, 3.05) is 317 Å². The van der Waals surface area contributed by atoms with E-state index >= 15 is 0 Å². The molecule has 0 amide bonds. The molecule has 2 aliphatic carbocycles. The molecule has 84 heavy (non-hydrogen) atoms. The Morgan fingerprint density at radius 3 is 0.583 bits per heavy atom. The maximum Gasteiger partial charge on any atom is 0.0810 e. The Morgan fingerprint density at radius 1 is 0.238 bits per heavy atom. The smallest absolute Gasteiger partial charge is 0.0810 e. The number of aliphatic imine (C=N–C) groups is 1. The van der Waals surface area contributed by atoms with Gasteiger partial charge in [0.15, 0.2) is 0 Å². The Hall–Kier alpha value is -1.82. The molecule has 2 fully saturated rings. The van der Waals surface area contributed by atoms with Crippen molar-refractivity contribution in [3.05, 3.63) is 0 Å². The minimum absolute atomic E-state index is 0.486. The van der Waals surface area contributed by atoms with Crippen molar-refractivity contribution >= 4 is 11.4 Å². The second-order valence-electron chi connectivity index (χ2n) is 18.6. The van der Waals surface area contributed by atoms with Gasteiger partial charge in [0.2, 0.25) is 0 Å². The van der Waals surface area contributed by atoms with E-state index in [1.54, 1.807) is 0 Å². The Kier molecular flexibility index (Phi) is 62.5. The number of nitrogens with two attached hydrogens (primary N) is 2. The number of hydrogen-bond acceptors (Lipinski definition) is 27. The first-order chi connectivity index (χ1) is 41.8. The molecule has 2 saturated carbocycles. The molecule has 2 unspecified atom stereocenters. The number of nitrogens with zero attached hydrogens (tertiary/aromatic N) is 2. The van der Waals surface area contributed by atoms with Gasteiger partial charge in [0, 0.05) is 6.54 Å². The lowest BCUT2D eigenvalue weighted by Crippen LogP contribution is -2.20. The first-order valence-electron chi connectivity index (χ1n) is 30.6. The van der Waals surface area contributed by atoms with Gasteiger partial charge in [-0.1, -0.05) is 0 Å². The number of ether oxygens (including phenoxy) is 23. The zero-order valence-electron chi connectivity index (χ0n) is 51.1. The van der Waals surface area contributed by atoms with Crippen LogP contribution in [0.25, 0.3) is 0 Å². The van der Waals surface area contributed by atoms with E-state index < -0.39 is 0 Å². The van der Waals surface area contributed by atoms with Crippen molar-refractivity contribution in [2.24, 2.45) is 33.5 Å². The molecule has 0 aromatic heterocycles. The van der Waals surface area contributed by atoms with E-state index in [9.17, 15) is 0 Å². The highest BCUT2D eigenvalue weighted by atomic mass is 16.6. The molecule has 27 heteroatoms. The van der Waals surface area contributed by atoms with Crippen LogP contribution in [0.1, 0.15) is 32.1 Å². The van der Waals surface area contributed by atoms with Gasteiger partial charge in [0.25, 0.3) is 0 Å². The Morgan fingerprint density at radius 2 is 0.405 bits per heavy atom. The zero-order valence-corrected chi connectivity index (χ0v) is 51.1. The van der Waals surface area contributed by atoms with E-state index in [0.717, 1.165) is 36.1 Å². The van der Waals surface area contributed by atoms with Gasteiger partial charge in [-0.15, -0.1) is 0 Å². The topological polar surface area (TPSA) is 289 Å². The summed E-state index contributed by atoms with van der Waals surface area (Å²) in [5.74, 6) is 7.39. The molecule has 498 valence electrons. The summed E-state index contributed by atoms with van der Waals surface area (Å²) in [4.78, 5) is 4.72. The lowest BCUT2D eigenvalue weighted by molar-refractivity contribution is -0.0318. The molecule has 0 spiro atoms. The number of hydrazone groups is 1. The van der Waals surface area contributed by atoms with Crippen LogP contribution >= 0.6 is 0 Å². The number of rotatable bonds is 71. The van der Waals surface area contributed by atoms with Crippen LogP contribution in [0.4, 0.5) is 0 Å². The molecule has 0 aromatic rings. The van der Waals surface area contributed by atoms with Crippen LogP contribution < -0.4 is 11.6 Å². The summed E-state index contributed by atoms with van der Waals surface area (Å²) in [6.07, 6.45) is 5.66. The molecular formula is C57H112N4O23. The van der Waals surface area contributed by atoms with Crippen LogP contribution in [0.3, 0.4) is 0 Å². The highest BCUT2D eigenvalue weighted by Gasteiger charge is 2.38. The summed E-state index contributed by atoms with van der Waals surface area (Å²) in [6, 6.07) is 0. The molecule has 0 heterocycles. The molecule has 27 nitrogen and oxygen atoms in total. The van der Waals surface area contributed by atoms with E-state index in [2.05, 4.69) is 5.10 Å². The van der Waals surface area contributed by atoms with Crippen LogP contribution in [0.15, 0.2) is 10.1 Å². The van der Waals surface area contributed by atoms with Gasteiger partial charge in [0.05, 0.1) is 322 Å². The predicted molar refractivity (Wildman–Crippen MR) is 312 cm³/mol. The Balaban J connectivity index is 1.10. The molecule has 0 aliphatic heterocycles. The quantitative estimate of drug-likeness (QED) is 0.0493. The van der Waals surface area contributed by atoms with Crippen molar-refractivity contribution in [1.29, 1.82) is 0 Å². The zero-order chi connectivity index (χ0) is 59.5. The average Bonchev–Trinajstić information content (AvgIpc) is 4.31. The van der Waals surface area contributed by atoms with Crippen molar-refractivity contribution in [3.8, 4) is 0 Å². The maximum atomic E-state index is 5.66. The van der Waals surface area contributed by atoms with E-state index in [4.69, 9.17) is 126 Å². The van der Waals surface area contributed by atoms with Crippen molar-refractivity contribution in [3.63, 3.8) is 0 Å². The summed E-state index contributed by atoms with van der Waals surface area (Å²) < 4.78 is 127. The van der Waals surface area contributed by atoms with Gasteiger partial charge in [-0.2, -0.15) is 5.10 Å². The first kappa shape index (κ1) is 78.3. The van der Waals surface area contributed by atoms with Crippen LogP contribution in [0, 0.1) is 11.8 Å². The molecule has 0 radical (unpaired) electrons. The Bertz CT molecular complexity index is 1380. The van der Waals surface area contributed by atoms with Crippen molar-refractivity contribution in [1.82, 2.24) is 0 Å². The van der Waals surface area contributed by atoms with Gasteiger partial charge < -0.3 is 121 Å². The monoisotopic (exact) mass is 1220 g/mol. The third-order valence-electron chi connectivity index (χ3n) is 12.0. The van der Waals surface area contributed by atoms with E-state index in [0.29, 0.717) is 317 Å². The molecule has 2 atom stereocenters. The second-order valence-corrected chi connectivity index (χ2v) is 18.6. The maximum absolute atomic E-state index is 5.66. The molecule has 2 aliphatic rings. The average molecular weight is 1220 g/mol. The largest absolute Gasteiger partial charge is 0.378 e. The fourth-order valence-electron chi connectivity index (χ4n) is 7.53. The standard InChI is InChI=1S/C57H112N4O23/c58-5-7-62-9-11-64-13-15-66-17-19-68-21-23-70-25-27-72-29-31-74-33-35-76-37-39-78-41-43-80-45-47-82-49-51-84-52-50-83-48-46-81-44-42-79-40-38-77-36-34-75-32-30-73-28-26-71-24-22-69-20-18-67-16-14-65-12-10-63-8-6-60-56-3-1-54-53-55(54)2-4-57(56)61-59/h54-55H,1-53,58-59H2. The molecule has 4 N–H and O–H groups in total. The van der Waals surface area contributed by atoms with E-state index in [1.165, 1.54) is 19.3 Å². The van der Waals surface area contributed by atoms with Crippen LogP contribution in [0.5, 0.6) is 0 Å². The molecule has 0 bridgehead atoms.